The van der Waals surface area contributed by atoms with Crippen molar-refractivity contribution in [1.82, 2.24) is 0 Å². The van der Waals surface area contributed by atoms with Crippen molar-refractivity contribution in [2.45, 2.75) is 39.1 Å². The molecule has 21 heavy (non-hydrogen) atoms. The SMILES string of the molecule is CC(COCC(=O)O)OCC(C)OCC(C)OCC(=O)O. The molecule has 0 aromatic heterocycles. The molecule has 3 atom stereocenters. The average molecular weight is 308 g/mol. The van der Waals surface area contributed by atoms with Crippen molar-refractivity contribution in [3.63, 3.8) is 0 Å². The summed E-state index contributed by atoms with van der Waals surface area (Å²) in [5.41, 5.74) is 0. The molecule has 0 aliphatic heterocycles. The van der Waals surface area contributed by atoms with Gasteiger partial charge in [-0.15, -0.1) is 0 Å². The lowest BCUT2D eigenvalue weighted by atomic mass is 10.4. The Balaban J connectivity index is 3.62. The first-order valence-electron chi connectivity index (χ1n) is 6.67. The summed E-state index contributed by atoms with van der Waals surface area (Å²) in [7, 11) is 0. The van der Waals surface area contributed by atoms with E-state index in [0.29, 0.717) is 6.61 Å². The van der Waals surface area contributed by atoms with Gasteiger partial charge in [0.1, 0.15) is 13.2 Å². The third-order valence-electron chi connectivity index (χ3n) is 2.30. The predicted molar refractivity (Wildman–Crippen MR) is 72.3 cm³/mol. The van der Waals surface area contributed by atoms with Gasteiger partial charge in [0.15, 0.2) is 0 Å². The minimum atomic E-state index is -1.02. The number of hydrogen-bond acceptors (Lipinski definition) is 6. The fraction of sp³-hybridized carbons (Fsp3) is 0.846. The van der Waals surface area contributed by atoms with Gasteiger partial charge in [0.25, 0.3) is 0 Å². The Morgan fingerprint density at radius 1 is 0.762 bits per heavy atom. The van der Waals surface area contributed by atoms with Crippen LogP contribution in [0.1, 0.15) is 20.8 Å². The summed E-state index contributed by atoms with van der Waals surface area (Å²) in [6.45, 7) is 5.38. The predicted octanol–water partition coefficient (Wildman–Crippen LogP) is 0.388. The van der Waals surface area contributed by atoms with E-state index in [1.165, 1.54) is 0 Å². The first-order valence-corrected chi connectivity index (χ1v) is 6.67. The quantitative estimate of drug-likeness (QED) is 0.502. The molecule has 0 radical (unpaired) electrons. The lowest BCUT2D eigenvalue weighted by molar-refractivity contribution is -0.147. The van der Waals surface area contributed by atoms with Gasteiger partial charge in [0.2, 0.25) is 0 Å². The third-order valence-corrected chi connectivity index (χ3v) is 2.30. The first kappa shape index (κ1) is 19.8. The highest BCUT2D eigenvalue weighted by Gasteiger charge is 2.11. The highest BCUT2D eigenvalue weighted by molar-refractivity contribution is 5.68. The summed E-state index contributed by atoms with van der Waals surface area (Å²) in [5, 5.41) is 16.9. The van der Waals surface area contributed by atoms with Crippen molar-refractivity contribution in [1.29, 1.82) is 0 Å². The largest absolute Gasteiger partial charge is 0.480 e. The molecule has 8 heteroatoms. The van der Waals surface area contributed by atoms with E-state index in [9.17, 15) is 9.59 Å². The van der Waals surface area contributed by atoms with Crippen LogP contribution in [0.3, 0.4) is 0 Å². The summed E-state index contributed by atoms with van der Waals surface area (Å²) in [6, 6.07) is 0. The summed E-state index contributed by atoms with van der Waals surface area (Å²) >= 11 is 0. The Morgan fingerprint density at radius 3 is 1.67 bits per heavy atom. The molecule has 0 aliphatic carbocycles. The van der Waals surface area contributed by atoms with Crippen molar-refractivity contribution in [2.75, 3.05) is 33.0 Å². The van der Waals surface area contributed by atoms with Crippen LogP contribution in [0.2, 0.25) is 0 Å². The normalized spacial score (nSPS) is 15.4. The molecule has 0 aromatic carbocycles. The van der Waals surface area contributed by atoms with Gasteiger partial charge in [-0.05, 0) is 20.8 Å². The van der Waals surface area contributed by atoms with Gasteiger partial charge in [-0.2, -0.15) is 0 Å². The number of rotatable bonds is 13. The van der Waals surface area contributed by atoms with E-state index in [2.05, 4.69) is 0 Å². The average Bonchev–Trinajstić information content (AvgIpc) is 2.40. The van der Waals surface area contributed by atoms with Gasteiger partial charge >= 0.3 is 11.9 Å². The molecular formula is C13H24O8. The molecule has 3 unspecified atom stereocenters. The molecule has 124 valence electrons. The smallest absolute Gasteiger partial charge is 0.329 e. The topological polar surface area (TPSA) is 112 Å². The Labute approximate surface area is 123 Å². The highest BCUT2D eigenvalue weighted by Crippen LogP contribution is 2.00. The van der Waals surface area contributed by atoms with Crippen LogP contribution < -0.4 is 0 Å². The van der Waals surface area contributed by atoms with Crippen LogP contribution in [0.4, 0.5) is 0 Å². The van der Waals surface area contributed by atoms with Crippen LogP contribution in [-0.2, 0) is 28.5 Å². The minimum absolute atomic E-state index is 0.192. The second-order valence-corrected chi connectivity index (χ2v) is 4.71. The Morgan fingerprint density at radius 2 is 1.19 bits per heavy atom. The maximum Gasteiger partial charge on any atom is 0.329 e. The van der Waals surface area contributed by atoms with Gasteiger partial charge in [0.05, 0.1) is 38.1 Å². The van der Waals surface area contributed by atoms with Crippen molar-refractivity contribution in [2.24, 2.45) is 0 Å². The minimum Gasteiger partial charge on any atom is -0.480 e. The summed E-state index contributed by atoms with van der Waals surface area (Å²) in [5.74, 6) is -2.04. The van der Waals surface area contributed by atoms with Gasteiger partial charge in [-0.1, -0.05) is 0 Å². The van der Waals surface area contributed by atoms with E-state index in [1.807, 2.05) is 6.92 Å². The highest BCUT2D eigenvalue weighted by atomic mass is 16.6. The Hall–Kier alpha value is -1.22. The number of hydrogen-bond donors (Lipinski definition) is 2. The number of carboxylic acids is 2. The molecule has 2 N–H and O–H groups in total. The molecular weight excluding hydrogens is 284 g/mol. The maximum atomic E-state index is 10.3. The second-order valence-electron chi connectivity index (χ2n) is 4.71. The fourth-order valence-corrected chi connectivity index (χ4v) is 1.27. The first-order chi connectivity index (χ1) is 9.81. The summed E-state index contributed by atoms with van der Waals surface area (Å²) < 4.78 is 20.8. The van der Waals surface area contributed by atoms with Crippen LogP contribution in [-0.4, -0.2) is 73.5 Å². The van der Waals surface area contributed by atoms with Crippen LogP contribution in [0, 0.1) is 0 Å². The zero-order chi connectivity index (χ0) is 16.3. The van der Waals surface area contributed by atoms with Crippen LogP contribution in [0.5, 0.6) is 0 Å². The van der Waals surface area contributed by atoms with Crippen molar-refractivity contribution in [3.8, 4) is 0 Å². The molecule has 0 saturated carbocycles. The lowest BCUT2D eigenvalue weighted by Crippen LogP contribution is -2.27. The van der Waals surface area contributed by atoms with Crippen molar-refractivity contribution >= 4 is 11.9 Å². The van der Waals surface area contributed by atoms with Gasteiger partial charge in [0, 0.05) is 0 Å². The summed E-state index contributed by atoms with van der Waals surface area (Å²) in [6.07, 6.45) is -0.751. The van der Waals surface area contributed by atoms with E-state index in [4.69, 9.17) is 29.2 Å². The molecule has 0 fully saturated rings. The molecule has 0 heterocycles. The van der Waals surface area contributed by atoms with Crippen molar-refractivity contribution < 1.29 is 38.7 Å². The maximum absolute atomic E-state index is 10.3. The zero-order valence-electron chi connectivity index (χ0n) is 12.6. The summed E-state index contributed by atoms with van der Waals surface area (Å²) in [4.78, 5) is 20.6. The monoisotopic (exact) mass is 308 g/mol. The molecule has 0 aliphatic rings. The number of carbonyl (C=O) groups is 2. The third kappa shape index (κ3) is 13.5. The molecule has 0 spiro atoms. The molecule has 0 rings (SSSR count). The Kier molecular flexibility index (Phi) is 10.8. The van der Waals surface area contributed by atoms with Gasteiger partial charge in [-0.3, -0.25) is 0 Å². The van der Waals surface area contributed by atoms with Crippen LogP contribution in [0.25, 0.3) is 0 Å². The van der Waals surface area contributed by atoms with E-state index in [-0.39, 0.29) is 44.7 Å². The van der Waals surface area contributed by atoms with E-state index < -0.39 is 11.9 Å². The molecule has 0 saturated heterocycles. The van der Waals surface area contributed by atoms with E-state index >= 15 is 0 Å². The fourth-order valence-electron chi connectivity index (χ4n) is 1.27. The molecule has 8 nitrogen and oxygen atoms in total. The lowest BCUT2D eigenvalue weighted by Gasteiger charge is -2.19. The molecule has 0 bridgehead atoms. The Bertz CT molecular complexity index is 307. The van der Waals surface area contributed by atoms with Crippen molar-refractivity contribution in [3.05, 3.63) is 0 Å². The van der Waals surface area contributed by atoms with Crippen LogP contribution >= 0.6 is 0 Å². The van der Waals surface area contributed by atoms with Crippen LogP contribution in [0.15, 0.2) is 0 Å². The van der Waals surface area contributed by atoms with E-state index in [0.717, 1.165) is 0 Å². The number of ether oxygens (including phenoxy) is 4. The van der Waals surface area contributed by atoms with E-state index in [1.54, 1.807) is 13.8 Å². The van der Waals surface area contributed by atoms with Gasteiger partial charge < -0.3 is 29.2 Å². The standard InChI is InChI=1S/C13H24O8/c1-9(4-18-7-12(14)15)19-5-10(2)20-6-11(3)21-8-13(16)17/h9-11H,4-8H2,1-3H3,(H,14,15)(H,16,17). The second kappa shape index (κ2) is 11.4. The molecule has 0 amide bonds. The number of aliphatic carboxylic acids is 2. The van der Waals surface area contributed by atoms with Gasteiger partial charge in [-0.25, -0.2) is 9.59 Å². The number of carboxylic acid groups (broad SMARTS) is 2. The molecule has 0 aromatic rings. The zero-order valence-corrected chi connectivity index (χ0v) is 12.6.